The number of hydrogen-bond donors (Lipinski definition) is 0. The van der Waals surface area contributed by atoms with Crippen LogP contribution in [-0.2, 0) is 17.8 Å². The highest BCUT2D eigenvalue weighted by atomic mass is 35.5. The highest BCUT2D eigenvalue weighted by Crippen LogP contribution is 2.22. The number of carbonyl (C=O) groups excluding carboxylic acids is 1. The zero-order valence-electron chi connectivity index (χ0n) is 16.4. The first-order valence-electron chi connectivity index (χ1n) is 9.82. The SMILES string of the molecule is O=C(C(Cc1ccccc1)n1cnnn1)N1CCN(Cc2c(F)cccc2Cl)CC1. The van der Waals surface area contributed by atoms with E-state index in [2.05, 4.69) is 20.4 Å². The molecule has 2 heterocycles. The lowest BCUT2D eigenvalue weighted by Gasteiger charge is -2.36. The summed E-state index contributed by atoms with van der Waals surface area (Å²) in [6, 6.07) is 14.0. The largest absolute Gasteiger partial charge is 0.338 e. The standard InChI is InChI=1S/C21H22ClFN6O/c22-18-7-4-8-19(23)17(18)14-27-9-11-28(12-10-27)21(30)20(29-15-24-25-26-29)13-16-5-2-1-3-6-16/h1-8,15,20H,9-14H2. The second-order valence-corrected chi connectivity index (χ2v) is 7.70. The van der Waals surface area contributed by atoms with Crippen LogP contribution in [-0.4, -0.2) is 62.1 Å². The highest BCUT2D eigenvalue weighted by Gasteiger charge is 2.30. The Hall–Kier alpha value is -2.84. The third-order valence-electron chi connectivity index (χ3n) is 5.37. The Balaban J connectivity index is 1.41. The molecule has 156 valence electrons. The Morgan fingerprint density at radius 1 is 1.07 bits per heavy atom. The molecule has 7 nitrogen and oxygen atoms in total. The molecule has 1 amide bonds. The van der Waals surface area contributed by atoms with E-state index >= 15 is 0 Å². The predicted octanol–water partition coefficient (Wildman–Crippen LogP) is 2.59. The predicted molar refractivity (Wildman–Crippen MR) is 110 cm³/mol. The first kappa shape index (κ1) is 20.4. The van der Waals surface area contributed by atoms with Crippen LogP contribution in [0.5, 0.6) is 0 Å². The molecule has 1 atom stereocenters. The molecule has 4 rings (SSSR count). The molecular formula is C21H22ClFN6O. The average Bonchev–Trinajstić information content (AvgIpc) is 3.30. The van der Waals surface area contributed by atoms with Gasteiger partial charge in [0.05, 0.1) is 0 Å². The molecule has 0 radical (unpaired) electrons. The molecule has 30 heavy (non-hydrogen) atoms. The van der Waals surface area contributed by atoms with E-state index in [0.29, 0.717) is 49.7 Å². The molecule has 1 aliphatic heterocycles. The van der Waals surface area contributed by atoms with E-state index in [-0.39, 0.29) is 11.7 Å². The molecule has 0 spiro atoms. The molecule has 1 aromatic heterocycles. The van der Waals surface area contributed by atoms with Gasteiger partial charge in [0, 0.05) is 49.7 Å². The number of amides is 1. The summed E-state index contributed by atoms with van der Waals surface area (Å²) >= 11 is 6.15. The van der Waals surface area contributed by atoms with Gasteiger partial charge in [-0.1, -0.05) is 48.0 Å². The summed E-state index contributed by atoms with van der Waals surface area (Å²) in [5.74, 6) is -0.322. The second-order valence-electron chi connectivity index (χ2n) is 7.30. The van der Waals surface area contributed by atoms with E-state index < -0.39 is 6.04 Å². The number of benzene rings is 2. The number of rotatable bonds is 6. The lowest BCUT2D eigenvalue weighted by atomic mass is 10.0. The Morgan fingerprint density at radius 3 is 2.50 bits per heavy atom. The Labute approximate surface area is 179 Å². The normalized spacial score (nSPS) is 15.9. The summed E-state index contributed by atoms with van der Waals surface area (Å²) in [6.45, 7) is 2.82. The Kier molecular flexibility index (Phi) is 6.35. The van der Waals surface area contributed by atoms with Crippen LogP contribution in [0.1, 0.15) is 17.2 Å². The topological polar surface area (TPSA) is 67.2 Å². The van der Waals surface area contributed by atoms with Crippen molar-refractivity contribution in [3.05, 3.63) is 76.8 Å². The van der Waals surface area contributed by atoms with Crippen LogP contribution < -0.4 is 0 Å². The van der Waals surface area contributed by atoms with Crippen LogP contribution in [0.2, 0.25) is 5.02 Å². The third-order valence-corrected chi connectivity index (χ3v) is 5.72. The van der Waals surface area contributed by atoms with Crippen LogP contribution in [0, 0.1) is 5.82 Å². The minimum Gasteiger partial charge on any atom is -0.338 e. The van der Waals surface area contributed by atoms with Gasteiger partial charge in [0.1, 0.15) is 18.2 Å². The molecule has 1 unspecified atom stereocenters. The van der Waals surface area contributed by atoms with Gasteiger partial charge in [0.15, 0.2) is 0 Å². The van der Waals surface area contributed by atoms with E-state index in [1.807, 2.05) is 35.2 Å². The lowest BCUT2D eigenvalue weighted by Crippen LogP contribution is -2.50. The summed E-state index contributed by atoms with van der Waals surface area (Å²) in [5.41, 5.74) is 1.54. The van der Waals surface area contributed by atoms with Gasteiger partial charge in [0.25, 0.3) is 0 Å². The number of halogens is 2. The Bertz CT molecular complexity index is 956. The van der Waals surface area contributed by atoms with Gasteiger partial charge in [0.2, 0.25) is 5.91 Å². The minimum absolute atomic E-state index is 0.0188. The maximum absolute atomic E-state index is 14.1. The smallest absolute Gasteiger partial charge is 0.248 e. The van der Waals surface area contributed by atoms with Crippen LogP contribution in [0.15, 0.2) is 54.9 Å². The quantitative estimate of drug-likeness (QED) is 0.603. The van der Waals surface area contributed by atoms with Crippen molar-refractivity contribution in [1.82, 2.24) is 30.0 Å². The summed E-state index contributed by atoms with van der Waals surface area (Å²) in [5, 5.41) is 11.8. The lowest BCUT2D eigenvalue weighted by molar-refractivity contribution is -0.137. The van der Waals surface area contributed by atoms with Crippen molar-refractivity contribution in [2.45, 2.75) is 19.0 Å². The summed E-state index contributed by atoms with van der Waals surface area (Å²) in [4.78, 5) is 17.2. The van der Waals surface area contributed by atoms with Crippen molar-refractivity contribution in [2.24, 2.45) is 0 Å². The second kappa shape index (κ2) is 9.32. The molecule has 0 saturated carbocycles. The summed E-state index contributed by atoms with van der Waals surface area (Å²) < 4.78 is 15.6. The zero-order valence-corrected chi connectivity index (χ0v) is 17.1. The van der Waals surface area contributed by atoms with Gasteiger partial charge in [-0.25, -0.2) is 9.07 Å². The van der Waals surface area contributed by atoms with Crippen LogP contribution >= 0.6 is 11.6 Å². The van der Waals surface area contributed by atoms with Gasteiger partial charge < -0.3 is 4.90 Å². The van der Waals surface area contributed by atoms with E-state index in [0.717, 1.165) is 5.56 Å². The van der Waals surface area contributed by atoms with Gasteiger partial charge >= 0.3 is 0 Å². The average molecular weight is 429 g/mol. The number of piperazine rings is 1. The molecule has 0 aliphatic carbocycles. The van der Waals surface area contributed by atoms with Crippen LogP contribution in [0.3, 0.4) is 0 Å². The first-order valence-corrected chi connectivity index (χ1v) is 10.2. The molecule has 3 aromatic rings. The number of aromatic nitrogens is 4. The molecule has 9 heteroatoms. The summed E-state index contributed by atoms with van der Waals surface area (Å²) in [6.07, 6.45) is 1.98. The van der Waals surface area contributed by atoms with Gasteiger partial charge in [-0.05, 0) is 28.1 Å². The molecule has 1 fully saturated rings. The molecular weight excluding hydrogens is 407 g/mol. The third kappa shape index (κ3) is 4.66. The molecule has 0 N–H and O–H groups in total. The zero-order chi connectivity index (χ0) is 20.9. The van der Waals surface area contributed by atoms with E-state index in [1.165, 1.54) is 17.1 Å². The first-order chi connectivity index (χ1) is 14.6. The van der Waals surface area contributed by atoms with Crippen molar-refractivity contribution in [1.29, 1.82) is 0 Å². The minimum atomic E-state index is -0.505. The Morgan fingerprint density at radius 2 is 1.83 bits per heavy atom. The molecule has 0 bridgehead atoms. The van der Waals surface area contributed by atoms with Gasteiger partial charge in [-0.15, -0.1) is 5.10 Å². The number of nitrogens with zero attached hydrogens (tertiary/aromatic N) is 6. The number of carbonyl (C=O) groups is 1. The number of hydrogen-bond acceptors (Lipinski definition) is 5. The molecule has 2 aromatic carbocycles. The van der Waals surface area contributed by atoms with Gasteiger partial charge in [-0.2, -0.15) is 0 Å². The van der Waals surface area contributed by atoms with Gasteiger partial charge in [-0.3, -0.25) is 9.69 Å². The fourth-order valence-corrected chi connectivity index (χ4v) is 3.91. The van der Waals surface area contributed by atoms with Crippen molar-refractivity contribution < 1.29 is 9.18 Å². The maximum Gasteiger partial charge on any atom is 0.248 e. The van der Waals surface area contributed by atoms with Crippen LogP contribution in [0.4, 0.5) is 4.39 Å². The number of tetrazole rings is 1. The maximum atomic E-state index is 14.1. The molecule has 1 saturated heterocycles. The van der Waals surface area contributed by atoms with Crippen molar-refractivity contribution in [3.63, 3.8) is 0 Å². The molecule has 1 aliphatic rings. The van der Waals surface area contributed by atoms with Crippen LogP contribution in [0.25, 0.3) is 0 Å². The monoisotopic (exact) mass is 428 g/mol. The summed E-state index contributed by atoms with van der Waals surface area (Å²) in [7, 11) is 0. The van der Waals surface area contributed by atoms with Crippen molar-refractivity contribution in [3.8, 4) is 0 Å². The van der Waals surface area contributed by atoms with E-state index in [1.54, 1.807) is 12.1 Å². The van der Waals surface area contributed by atoms with Crippen molar-refractivity contribution >= 4 is 17.5 Å². The fourth-order valence-electron chi connectivity index (χ4n) is 3.69. The fraction of sp³-hybridized carbons (Fsp3) is 0.333. The highest BCUT2D eigenvalue weighted by molar-refractivity contribution is 6.31. The van der Waals surface area contributed by atoms with Crippen molar-refractivity contribution in [2.75, 3.05) is 26.2 Å². The van der Waals surface area contributed by atoms with E-state index in [4.69, 9.17) is 11.6 Å². The van der Waals surface area contributed by atoms with E-state index in [9.17, 15) is 9.18 Å².